The van der Waals surface area contributed by atoms with Crippen LogP contribution >= 0.6 is 23.2 Å². The van der Waals surface area contributed by atoms with E-state index >= 15 is 0 Å². The van der Waals surface area contributed by atoms with Gasteiger partial charge in [0.05, 0.1) is 21.2 Å². The van der Waals surface area contributed by atoms with E-state index in [9.17, 15) is 18.0 Å². The summed E-state index contributed by atoms with van der Waals surface area (Å²) in [6.07, 6.45) is 0. The second-order valence-corrected chi connectivity index (χ2v) is 9.90. The van der Waals surface area contributed by atoms with Gasteiger partial charge in [-0.3, -0.25) is 4.79 Å². The van der Waals surface area contributed by atoms with Crippen LogP contribution in [-0.2, 0) is 10.0 Å². The van der Waals surface area contributed by atoms with Gasteiger partial charge in [0, 0.05) is 10.6 Å². The summed E-state index contributed by atoms with van der Waals surface area (Å²) in [5, 5.41) is 0.293. The molecule has 0 fully saturated rings. The van der Waals surface area contributed by atoms with Gasteiger partial charge in [0.1, 0.15) is 5.75 Å². The fourth-order valence-electron chi connectivity index (χ4n) is 3.21. The van der Waals surface area contributed by atoms with E-state index in [1.54, 1.807) is 48.5 Å². The molecule has 0 heterocycles. The summed E-state index contributed by atoms with van der Waals surface area (Å²) in [5.74, 6) is -1.41. The number of halogens is 2. The lowest BCUT2D eigenvalue weighted by atomic mass is 10.2. The zero-order valence-electron chi connectivity index (χ0n) is 18.0. The van der Waals surface area contributed by atoms with Crippen molar-refractivity contribution in [2.45, 2.75) is 4.90 Å². The monoisotopic (exact) mass is 525 g/mol. The molecule has 1 amide bonds. The zero-order chi connectivity index (χ0) is 25.0. The van der Waals surface area contributed by atoms with E-state index < -0.39 is 21.9 Å². The largest absolute Gasteiger partial charge is 0.421 e. The number of benzene rings is 4. The number of esters is 1. The number of carbonyl (C=O) groups excluding carboxylic acids is 2. The molecule has 0 saturated carbocycles. The first-order valence-corrected chi connectivity index (χ1v) is 12.4. The Morgan fingerprint density at radius 2 is 1.29 bits per heavy atom. The van der Waals surface area contributed by atoms with Crippen molar-refractivity contribution in [3.05, 3.63) is 124 Å². The molecule has 0 N–H and O–H groups in total. The second kappa shape index (κ2) is 10.3. The highest BCUT2D eigenvalue weighted by Gasteiger charge is 2.32. The number of rotatable bonds is 6. The van der Waals surface area contributed by atoms with E-state index in [1.807, 2.05) is 0 Å². The van der Waals surface area contributed by atoms with Gasteiger partial charge < -0.3 is 4.74 Å². The van der Waals surface area contributed by atoms with Gasteiger partial charge in [-0.25, -0.2) is 13.2 Å². The summed E-state index contributed by atoms with van der Waals surface area (Å²) in [6.45, 7) is 0. The van der Waals surface area contributed by atoms with Gasteiger partial charge in [-0.1, -0.05) is 59.6 Å². The molecule has 0 aliphatic heterocycles. The lowest BCUT2D eigenvalue weighted by Crippen LogP contribution is -2.37. The Labute approximate surface area is 212 Å². The van der Waals surface area contributed by atoms with Crippen LogP contribution in [-0.4, -0.2) is 20.3 Å². The molecule has 6 nitrogen and oxygen atoms in total. The summed E-state index contributed by atoms with van der Waals surface area (Å²) < 4.78 is 33.1. The number of nitrogens with zero attached hydrogens (tertiary/aromatic N) is 1. The third kappa shape index (κ3) is 5.38. The van der Waals surface area contributed by atoms with Gasteiger partial charge in [0.25, 0.3) is 15.9 Å². The van der Waals surface area contributed by atoms with E-state index in [0.717, 1.165) is 0 Å². The van der Waals surface area contributed by atoms with Crippen LogP contribution in [0.5, 0.6) is 5.75 Å². The highest BCUT2D eigenvalue weighted by molar-refractivity contribution is 7.93. The molecular weight excluding hydrogens is 509 g/mol. The predicted octanol–water partition coefficient (Wildman–Crippen LogP) is 6.25. The van der Waals surface area contributed by atoms with E-state index in [-0.39, 0.29) is 26.9 Å². The molecule has 0 aliphatic carbocycles. The van der Waals surface area contributed by atoms with Crippen LogP contribution in [0, 0.1) is 0 Å². The number of anilines is 1. The molecule has 176 valence electrons. The molecule has 0 atom stereocenters. The molecule has 0 bridgehead atoms. The first-order valence-electron chi connectivity index (χ1n) is 10.2. The Hall–Kier alpha value is -3.65. The summed E-state index contributed by atoms with van der Waals surface area (Å²) >= 11 is 12.3. The van der Waals surface area contributed by atoms with Crippen LogP contribution in [0.3, 0.4) is 0 Å². The molecule has 0 unspecified atom stereocenters. The van der Waals surface area contributed by atoms with E-state index in [1.165, 1.54) is 54.6 Å². The van der Waals surface area contributed by atoms with Crippen molar-refractivity contribution in [2.24, 2.45) is 0 Å². The molecule has 9 heteroatoms. The summed E-state index contributed by atoms with van der Waals surface area (Å²) in [4.78, 5) is 25.6. The van der Waals surface area contributed by atoms with Crippen molar-refractivity contribution in [3.8, 4) is 5.75 Å². The summed E-state index contributed by atoms with van der Waals surface area (Å²) in [5.41, 5.74) is 0.442. The van der Waals surface area contributed by atoms with E-state index in [4.69, 9.17) is 27.9 Å². The number of sulfonamides is 1. The van der Waals surface area contributed by atoms with E-state index in [2.05, 4.69) is 0 Å². The highest BCUT2D eigenvalue weighted by atomic mass is 35.5. The first-order chi connectivity index (χ1) is 16.8. The van der Waals surface area contributed by atoms with Crippen LogP contribution in [0.15, 0.2) is 108 Å². The van der Waals surface area contributed by atoms with Crippen molar-refractivity contribution in [1.82, 2.24) is 0 Å². The normalized spacial score (nSPS) is 11.0. The topological polar surface area (TPSA) is 80.8 Å². The smallest absolute Gasteiger partial charge is 0.343 e. The molecule has 0 saturated heterocycles. The molecular formula is C26H17Cl2NO5S. The van der Waals surface area contributed by atoms with Gasteiger partial charge in [-0.2, -0.15) is 4.31 Å². The Balaban J connectivity index is 1.75. The third-order valence-electron chi connectivity index (χ3n) is 4.92. The third-order valence-corrected chi connectivity index (χ3v) is 7.19. The van der Waals surface area contributed by atoms with Gasteiger partial charge in [-0.15, -0.1) is 0 Å². The Morgan fingerprint density at radius 1 is 0.714 bits per heavy atom. The Kier molecular flexibility index (Phi) is 7.21. The molecule has 35 heavy (non-hydrogen) atoms. The van der Waals surface area contributed by atoms with Crippen molar-refractivity contribution < 1.29 is 22.7 Å². The molecule has 0 aromatic heterocycles. The van der Waals surface area contributed by atoms with Gasteiger partial charge >= 0.3 is 5.97 Å². The SMILES string of the molecule is O=C(Oc1ccc(N(C(=O)c2ccccc2)S(=O)(=O)c2ccc(Cl)cc2)cc1Cl)c1ccccc1. The van der Waals surface area contributed by atoms with Gasteiger partial charge in [0.2, 0.25) is 0 Å². The first kappa shape index (κ1) is 24.5. The minimum atomic E-state index is -4.36. The maximum absolute atomic E-state index is 13.6. The fraction of sp³-hybridized carbons (Fsp3) is 0. The van der Waals surface area contributed by atoms with Crippen LogP contribution in [0.1, 0.15) is 20.7 Å². The number of carbonyl (C=O) groups is 2. The van der Waals surface area contributed by atoms with Crippen LogP contribution in [0.4, 0.5) is 5.69 Å². The van der Waals surface area contributed by atoms with Gasteiger partial charge in [-0.05, 0) is 66.7 Å². The molecule has 4 rings (SSSR count). The Bertz CT molecular complexity index is 1480. The van der Waals surface area contributed by atoms with Crippen molar-refractivity contribution in [3.63, 3.8) is 0 Å². The summed E-state index contributed by atoms with van der Waals surface area (Å²) in [6, 6.07) is 25.7. The lowest BCUT2D eigenvalue weighted by Gasteiger charge is -2.23. The van der Waals surface area contributed by atoms with Crippen molar-refractivity contribution in [2.75, 3.05) is 4.31 Å². The standard InChI is InChI=1S/C26H17Cl2NO5S/c27-20-11-14-22(15-12-20)35(32,33)29(25(30)18-7-3-1-4-8-18)21-13-16-24(23(28)17-21)34-26(31)19-9-5-2-6-10-19/h1-17H. The van der Waals surface area contributed by atoms with Gasteiger partial charge in [0.15, 0.2) is 0 Å². The zero-order valence-corrected chi connectivity index (χ0v) is 20.3. The Morgan fingerprint density at radius 3 is 1.86 bits per heavy atom. The molecule has 4 aromatic carbocycles. The van der Waals surface area contributed by atoms with Crippen molar-refractivity contribution >= 4 is 50.8 Å². The van der Waals surface area contributed by atoms with Crippen LogP contribution in [0.25, 0.3) is 0 Å². The van der Waals surface area contributed by atoms with Crippen molar-refractivity contribution in [1.29, 1.82) is 0 Å². The average molecular weight is 526 g/mol. The number of hydrogen-bond acceptors (Lipinski definition) is 5. The van der Waals surface area contributed by atoms with Crippen LogP contribution < -0.4 is 9.04 Å². The number of amides is 1. The number of hydrogen-bond donors (Lipinski definition) is 0. The minimum absolute atomic E-state index is 0.0141. The summed E-state index contributed by atoms with van der Waals surface area (Å²) in [7, 11) is -4.36. The average Bonchev–Trinajstić information content (AvgIpc) is 2.87. The molecule has 4 aromatic rings. The maximum Gasteiger partial charge on any atom is 0.343 e. The van der Waals surface area contributed by atoms with E-state index in [0.29, 0.717) is 14.9 Å². The quantitative estimate of drug-likeness (QED) is 0.219. The molecule has 0 aliphatic rings. The lowest BCUT2D eigenvalue weighted by molar-refractivity contribution is 0.0734. The van der Waals surface area contributed by atoms with Crippen LogP contribution in [0.2, 0.25) is 10.0 Å². The highest BCUT2D eigenvalue weighted by Crippen LogP contribution is 2.34. The molecule has 0 radical (unpaired) electrons. The fourth-order valence-corrected chi connectivity index (χ4v) is 4.95. The number of ether oxygens (including phenoxy) is 1. The second-order valence-electron chi connectivity index (χ2n) is 7.26. The minimum Gasteiger partial charge on any atom is -0.421 e. The molecule has 0 spiro atoms. The predicted molar refractivity (Wildman–Crippen MR) is 135 cm³/mol. The maximum atomic E-state index is 13.6.